The molecule has 0 aromatic carbocycles. The van der Waals surface area contributed by atoms with E-state index in [2.05, 4.69) is 11.4 Å². The summed E-state index contributed by atoms with van der Waals surface area (Å²) < 4.78 is 14.8. The number of hydrogen-bond acceptors (Lipinski definition) is 2. The van der Waals surface area contributed by atoms with E-state index in [1.807, 2.05) is 0 Å². The van der Waals surface area contributed by atoms with Crippen molar-refractivity contribution in [3.05, 3.63) is 0 Å². The third-order valence-electron chi connectivity index (χ3n) is 3.01. The molecule has 19 heavy (non-hydrogen) atoms. The summed E-state index contributed by atoms with van der Waals surface area (Å²) in [6, 6.07) is 0. The zero-order valence-corrected chi connectivity index (χ0v) is 14.0. The predicted molar refractivity (Wildman–Crippen MR) is 84.8 cm³/mol. The summed E-state index contributed by atoms with van der Waals surface area (Å²) in [5.74, 6) is 0. The highest BCUT2D eigenvalue weighted by Gasteiger charge is 2.12. The van der Waals surface area contributed by atoms with Crippen LogP contribution in [0.15, 0.2) is 0 Å². The molecule has 0 atom stereocenters. The van der Waals surface area contributed by atoms with Gasteiger partial charge in [0.1, 0.15) is 0 Å². The monoisotopic (exact) mass is 314 g/mol. The fourth-order valence-electron chi connectivity index (χ4n) is 1.95. The summed E-state index contributed by atoms with van der Waals surface area (Å²) in [6.45, 7) is 2.40. The molecule has 0 saturated carbocycles. The Morgan fingerprint density at radius 3 is 1.53 bits per heavy atom. The Kier molecular flexibility index (Phi) is 17.0. The van der Waals surface area contributed by atoms with Crippen LogP contribution in [0.2, 0.25) is 0 Å². The molecule has 0 unspecified atom stereocenters. The SMILES string of the molecule is CCCCCCCCCCCCCOP(=O)(O)O.S. The summed E-state index contributed by atoms with van der Waals surface area (Å²) in [4.78, 5) is 16.9. The maximum atomic E-state index is 10.4. The van der Waals surface area contributed by atoms with Gasteiger partial charge in [0.15, 0.2) is 0 Å². The van der Waals surface area contributed by atoms with Gasteiger partial charge < -0.3 is 9.79 Å². The van der Waals surface area contributed by atoms with E-state index in [0.717, 1.165) is 19.3 Å². The Balaban J connectivity index is 0. The summed E-state index contributed by atoms with van der Waals surface area (Å²) >= 11 is 0. The van der Waals surface area contributed by atoms with Crippen LogP contribution in [0.5, 0.6) is 0 Å². The van der Waals surface area contributed by atoms with Crippen molar-refractivity contribution in [1.82, 2.24) is 0 Å². The molecule has 0 aromatic rings. The highest BCUT2D eigenvalue weighted by atomic mass is 32.1. The Bertz CT molecular complexity index is 221. The molecule has 6 heteroatoms. The van der Waals surface area contributed by atoms with Crippen molar-refractivity contribution in [3.63, 3.8) is 0 Å². The van der Waals surface area contributed by atoms with Gasteiger partial charge in [0, 0.05) is 0 Å². The number of phosphoric acid groups is 1. The molecule has 0 saturated heterocycles. The fourth-order valence-corrected chi connectivity index (χ4v) is 2.32. The van der Waals surface area contributed by atoms with Crippen molar-refractivity contribution < 1.29 is 18.9 Å². The first-order chi connectivity index (χ1) is 8.56. The average Bonchev–Trinajstić information content (AvgIpc) is 2.29. The van der Waals surface area contributed by atoms with Crippen molar-refractivity contribution in [2.45, 2.75) is 77.6 Å². The number of unbranched alkanes of at least 4 members (excludes halogenated alkanes) is 10. The third kappa shape index (κ3) is 20.9. The molecule has 0 aromatic heterocycles. The first-order valence-electron chi connectivity index (χ1n) is 7.26. The Morgan fingerprint density at radius 1 is 0.789 bits per heavy atom. The van der Waals surface area contributed by atoms with Crippen LogP contribution in [0, 0.1) is 0 Å². The summed E-state index contributed by atoms with van der Waals surface area (Å²) in [5.41, 5.74) is 0. The Hall–Kier alpha value is 0.460. The summed E-state index contributed by atoms with van der Waals surface area (Å²) in [7, 11) is -4.25. The van der Waals surface area contributed by atoms with Gasteiger partial charge in [-0.15, -0.1) is 0 Å². The van der Waals surface area contributed by atoms with Gasteiger partial charge in [0.2, 0.25) is 0 Å². The Morgan fingerprint density at radius 2 is 1.16 bits per heavy atom. The normalized spacial score (nSPS) is 11.3. The van der Waals surface area contributed by atoms with E-state index in [0.29, 0.717) is 0 Å². The molecule has 0 heterocycles. The van der Waals surface area contributed by atoms with Crippen molar-refractivity contribution in [2.24, 2.45) is 0 Å². The largest absolute Gasteiger partial charge is 0.469 e. The van der Waals surface area contributed by atoms with Crippen molar-refractivity contribution in [1.29, 1.82) is 0 Å². The van der Waals surface area contributed by atoms with Gasteiger partial charge >= 0.3 is 7.82 Å². The second-order valence-electron chi connectivity index (χ2n) is 4.86. The predicted octanol–water partition coefficient (Wildman–Crippen LogP) is 4.52. The maximum Gasteiger partial charge on any atom is 0.469 e. The molecule has 0 spiro atoms. The zero-order chi connectivity index (χ0) is 13.7. The molecular formula is C13H31O4PS. The van der Waals surface area contributed by atoms with E-state index < -0.39 is 7.82 Å². The molecule has 118 valence electrons. The van der Waals surface area contributed by atoms with Crippen LogP contribution in [0.1, 0.15) is 77.6 Å². The molecule has 2 N–H and O–H groups in total. The maximum absolute atomic E-state index is 10.4. The lowest BCUT2D eigenvalue weighted by atomic mass is 10.1. The Labute approximate surface area is 125 Å². The second kappa shape index (κ2) is 14.9. The first kappa shape index (κ1) is 21.8. The third-order valence-corrected chi connectivity index (χ3v) is 3.53. The molecule has 0 rings (SSSR count). The topological polar surface area (TPSA) is 66.8 Å². The van der Waals surface area contributed by atoms with Gasteiger partial charge in [-0.3, -0.25) is 4.52 Å². The van der Waals surface area contributed by atoms with Crippen molar-refractivity contribution in [3.8, 4) is 0 Å². The van der Waals surface area contributed by atoms with E-state index in [1.54, 1.807) is 0 Å². The van der Waals surface area contributed by atoms with Crippen LogP contribution in [0.25, 0.3) is 0 Å². The number of hydrogen-bond donors (Lipinski definition) is 2. The van der Waals surface area contributed by atoms with Gasteiger partial charge in [0.05, 0.1) is 6.61 Å². The van der Waals surface area contributed by atoms with Crippen molar-refractivity contribution >= 4 is 21.3 Å². The smallest absolute Gasteiger partial charge is 0.303 e. The highest BCUT2D eigenvalue weighted by Crippen LogP contribution is 2.35. The molecule has 0 radical (unpaired) electrons. The molecule has 0 aliphatic rings. The first-order valence-corrected chi connectivity index (χ1v) is 8.79. The molecule has 4 nitrogen and oxygen atoms in total. The van der Waals surface area contributed by atoms with E-state index in [9.17, 15) is 4.57 Å². The van der Waals surface area contributed by atoms with Crippen LogP contribution in [-0.2, 0) is 9.09 Å². The van der Waals surface area contributed by atoms with Gasteiger partial charge in [0.25, 0.3) is 0 Å². The lowest BCUT2D eigenvalue weighted by Crippen LogP contribution is -1.92. The minimum atomic E-state index is -4.25. The second-order valence-corrected chi connectivity index (χ2v) is 6.10. The van der Waals surface area contributed by atoms with Crippen LogP contribution < -0.4 is 0 Å². The summed E-state index contributed by atoms with van der Waals surface area (Å²) in [6.07, 6.45) is 13.5. The quantitative estimate of drug-likeness (QED) is 0.387. The molecule has 0 amide bonds. The molecule has 0 aliphatic heterocycles. The standard InChI is InChI=1S/C13H29O4P.H2S/c1-2-3-4-5-6-7-8-9-10-11-12-13-17-18(14,15)16;/h2-13H2,1H3,(H2,14,15,16);1H2. The van der Waals surface area contributed by atoms with Crippen LogP contribution in [-0.4, -0.2) is 16.4 Å². The number of phosphoric ester groups is 1. The molecule has 0 bridgehead atoms. The van der Waals surface area contributed by atoms with Gasteiger partial charge in [-0.05, 0) is 6.42 Å². The lowest BCUT2D eigenvalue weighted by Gasteiger charge is -2.05. The van der Waals surface area contributed by atoms with Gasteiger partial charge in [-0.25, -0.2) is 4.57 Å². The molecule has 0 aliphatic carbocycles. The number of rotatable bonds is 13. The van der Waals surface area contributed by atoms with Crippen LogP contribution in [0.4, 0.5) is 0 Å². The van der Waals surface area contributed by atoms with Crippen LogP contribution >= 0.6 is 21.3 Å². The van der Waals surface area contributed by atoms with Gasteiger partial charge in [-0.1, -0.05) is 71.1 Å². The van der Waals surface area contributed by atoms with E-state index in [1.165, 1.54) is 51.4 Å². The van der Waals surface area contributed by atoms with Gasteiger partial charge in [-0.2, -0.15) is 13.5 Å². The van der Waals surface area contributed by atoms with Crippen LogP contribution in [0.3, 0.4) is 0 Å². The average molecular weight is 314 g/mol. The van der Waals surface area contributed by atoms with E-state index in [-0.39, 0.29) is 20.1 Å². The minimum Gasteiger partial charge on any atom is -0.303 e. The van der Waals surface area contributed by atoms with E-state index in [4.69, 9.17) is 9.79 Å². The molecular weight excluding hydrogens is 283 g/mol. The van der Waals surface area contributed by atoms with E-state index >= 15 is 0 Å². The zero-order valence-electron chi connectivity index (χ0n) is 12.1. The summed E-state index contributed by atoms with van der Waals surface area (Å²) in [5, 5.41) is 0. The van der Waals surface area contributed by atoms with Crippen molar-refractivity contribution in [2.75, 3.05) is 6.61 Å². The fraction of sp³-hybridized carbons (Fsp3) is 1.00. The lowest BCUT2D eigenvalue weighted by molar-refractivity contribution is 0.193. The molecule has 0 fully saturated rings. The highest BCUT2D eigenvalue weighted by molar-refractivity contribution is 7.59. The minimum absolute atomic E-state index is 0.